The number of fused-ring (bicyclic) bond motifs is 1. The molecule has 1 amide bonds. The van der Waals surface area contributed by atoms with Gasteiger partial charge in [0.2, 0.25) is 5.91 Å². The van der Waals surface area contributed by atoms with Gasteiger partial charge in [0.25, 0.3) is 0 Å². The van der Waals surface area contributed by atoms with E-state index in [2.05, 4.69) is 22.0 Å². The van der Waals surface area contributed by atoms with Gasteiger partial charge in [-0.15, -0.1) is 0 Å². The summed E-state index contributed by atoms with van der Waals surface area (Å²) in [6.07, 6.45) is 3.73. The Balaban J connectivity index is 1.65. The second-order valence-electron chi connectivity index (χ2n) is 6.02. The van der Waals surface area contributed by atoms with Gasteiger partial charge in [-0.3, -0.25) is 4.79 Å². The van der Waals surface area contributed by atoms with Crippen molar-refractivity contribution in [3.63, 3.8) is 0 Å². The fourth-order valence-electron chi connectivity index (χ4n) is 3.38. The number of nitrogens with zero attached hydrogens (tertiary/aromatic N) is 2. The molecule has 2 aliphatic rings. The summed E-state index contributed by atoms with van der Waals surface area (Å²) in [5.41, 5.74) is 7.04. The first-order valence-electron chi connectivity index (χ1n) is 8.14. The van der Waals surface area contributed by atoms with E-state index in [1.165, 1.54) is 5.56 Å². The van der Waals surface area contributed by atoms with Crippen LogP contribution in [0.4, 0.5) is 5.82 Å². The van der Waals surface area contributed by atoms with E-state index in [9.17, 15) is 4.79 Å². The van der Waals surface area contributed by atoms with Crippen molar-refractivity contribution in [2.45, 2.75) is 18.9 Å². The van der Waals surface area contributed by atoms with Crippen LogP contribution < -0.4 is 20.1 Å². The van der Waals surface area contributed by atoms with Crippen LogP contribution >= 0.6 is 0 Å². The van der Waals surface area contributed by atoms with E-state index in [1.54, 1.807) is 18.3 Å². The first-order valence-corrected chi connectivity index (χ1v) is 8.14. The van der Waals surface area contributed by atoms with Gasteiger partial charge >= 0.3 is 0 Å². The number of carbonyl (C=O) groups is 1. The lowest BCUT2D eigenvalue weighted by Crippen LogP contribution is -2.24. The number of hydrogen-bond donors (Lipinski definition) is 1. The van der Waals surface area contributed by atoms with E-state index in [4.69, 9.17) is 15.2 Å². The van der Waals surface area contributed by atoms with E-state index in [0.29, 0.717) is 18.8 Å². The van der Waals surface area contributed by atoms with Crippen LogP contribution in [0.15, 0.2) is 36.5 Å². The molecule has 4 rings (SSSR count). The molecular weight excluding hydrogens is 306 g/mol. The van der Waals surface area contributed by atoms with Crippen molar-refractivity contribution in [3.8, 4) is 11.5 Å². The predicted molar refractivity (Wildman–Crippen MR) is 89.5 cm³/mol. The van der Waals surface area contributed by atoms with E-state index < -0.39 is 5.91 Å². The Hall–Kier alpha value is -2.76. The number of hydrogen-bond acceptors (Lipinski definition) is 5. The number of carbonyl (C=O) groups excluding carboxylic acids is 1. The first kappa shape index (κ1) is 14.8. The van der Waals surface area contributed by atoms with Crippen molar-refractivity contribution in [2.24, 2.45) is 5.73 Å². The lowest BCUT2D eigenvalue weighted by Gasteiger charge is -2.27. The van der Waals surface area contributed by atoms with Gasteiger partial charge < -0.3 is 20.1 Å². The van der Waals surface area contributed by atoms with Gasteiger partial charge in [0.15, 0.2) is 11.5 Å². The number of benzene rings is 1. The van der Waals surface area contributed by atoms with Crippen molar-refractivity contribution in [2.75, 3.05) is 24.7 Å². The summed E-state index contributed by atoms with van der Waals surface area (Å²) in [5, 5.41) is 0. The lowest BCUT2D eigenvalue weighted by atomic mass is 10.0. The van der Waals surface area contributed by atoms with E-state index >= 15 is 0 Å². The average Bonchev–Trinajstić information content (AvgIpc) is 3.11. The standard InChI is InChI=1S/C18H19N3O3/c19-18(22)13-5-6-20-17(11-13)21-7-1-2-14(21)12-3-4-15-16(10-12)24-9-8-23-15/h3-6,10-11,14H,1-2,7-9H2,(H2,19,22)/t14-/m1/s1. The molecule has 1 fully saturated rings. The molecule has 124 valence electrons. The zero-order chi connectivity index (χ0) is 16.5. The van der Waals surface area contributed by atoms with E-state index in [0.717, 1.165) is 36.7 Å². The molecule has 1 atom stereocenters. The highest BCUT2D eigenvalue weighted by molar-refractivity contribution is 5.93. The topological polar surface area (TPSA) is 77.7 Å². The molecular formula is C18H19N3O3. The molecule has 2 aliphatic heterocycles. The second kappa shape index (κ2) is 6.03. The average molecular weight is 325 g/mol. The summed E-state index contributed by atoms with van der Waals surface area (Å²) in [6, 6.07) is 9.70. The Morgan fingerprint density at radius 1 is 1.17 bits per heavy atom. The van der Waals surface area contributed by atoms with Gasteiger partial charge in [-0.1, -0.05) is 6.07 Å². The fraction of sp³-hybridized carbons (Fsp3) is 0.333. The fourth-order valence-corrected chi connectivity index (χ4v) is 3.38. The highest BCUT2D eigenvalue weighted by atomic mass is 16.6. The monoisotopic (exact) mass is 325 g/mol. The van der Waals surface area contributed by atoms with E-state index in [1.807, 2.05) is 6.07 Å². The Labute approximate surface area is 140 Å². The third kappa shape index (κ3) is 2.64. The number of aromatic nitrogens is 1. The largest absolute Gasteiger partial charge is 0.486 e. The van der Waals surface area contributed by atoms with E-state index in [-0.39, 0.29) is 6.04 Å². The highest BCUT2D eigenvalue weighted by Gasteiger charge is 2.28. The number of amides is 1. The molecule has 0 unspecified atom stereocenters. The molecule has 2 aromatic rings. The zero-order valence-corrected chi connectivity index (χ0v) is 13.3. The molecule has 1 aromatic carbocycles. The molecule has 0 bridgehead atoms. The van der Waals surface area contributed by atoms with Crippen molar-refractivity contribution in [1.82, 2.24) is 4.98 Å². The smallest absolute Gasteiger partial charge is 0.248 e. The molecule has 0 aliphatic carbocycles. The minimum absolute atomic E-state index is 0.205. The molecule has 6 nitrogen and oxygen atoms in total. The summed E-state index contributed by atoms with van der Waals surface area (Å²) in [6.45, 7) is 2.06. The van der Waals surface area contributed by atoms with Crippen LogP contribution in [0.2, 0.25) is 0 Å². The minimum atomic E-state index is -0.436. The van der Waals surface area contributed by atoms with Gasteiger partial charge in [-0.05, 0) is 42.7 Å². The van der Waals surface area contributed by atoms with Crippen molar-refractivity contribution < 1.29 is 14.3 Å². The molecule has 2 N–H and O–H groups in total. The van der Waals surface area contributed by atoms with Crippen LogP contribution in [0.1, 0.15) is 34.8 Å². The van der Waals surface area contributed by atoms with Crippen molar-refractivity contribution in [3.05, 3.63) is 47.7 Å². The van der Waals surface area contributed by atoms with Crippen molar-refractivity contribution in [1.29, 1.82) is 0 Å². The molecule has 6 heteroatoms. The number of rotatable bonds is 3. The molecule has 0 saturated carbocycles. The summed E-state index contributed by atoms with van der Waals surface area (Å²) in [4.78, 5) is 18.1. The number of ether oxygens (including phenoxy) is 2. The summed E-state index contributed by atoms with van der Waals surface area (Å²) in [7, 11) is 0. The van der Waals surface area contributed by atoms with Gasteiger partial charge in [0.1, 0.15) is 19.0 Å². The van der Waals surface area contributed by atoms with Crippen LogP contribution in [0.3, 0.4) is 0 Å². The first-order chi connectivity index (χ1) is 11.7. The molecule has 3 heterocycles. The Kier molecular flexibility index (Phi) is 3.72. The van der Waals surface area contributed by atoms with Crippen LogP contribution in [-0.4, -0.2) is 30.6 Å². The minimum Gasteiger partial charge on any atom is -0.486 e. The molecule has 0 radical (unpaired) electrons. The van der Waals surface area contributed by atoms with Crippen LogP contribution in [0, 0.1) is 0 Å². The third-order valence-electron chi connectivity index (χ3n) is 4.53. The quantitative estimate of drug-likeness (QED) is 0.937. The van der Waals surface area contributed by atoms with Crippen LogP contribution in [0.25, 0.3) is 0 Å². The number of pyridine rings is 1. The van der Waals surface area contributed by atoms with Gasteiger partial charge in [0, 0.05) is 18.3 Å². The van der Waals surface area contributed by atoms with Gasteiger partial charge in [-0.2, -0.15) is 0 Å². The summed E-state index contributed by atoms with van der Waals surface area (Å²) < 4.78 is 11.3. The normalized spacial score (nSPS) is 19.3. The van der Waals surface area contributed by atoms with Crippen LogP contribution in [0.5, 0.6) is 11.5 Å². The molecule has 24 heavy (non-hydrogen) atoms. The van der Waals surface area contributed by atoms with Gasteiger partial charge in [0.05, 0.1) is 6.04 Å². The molecule has 1 saturated heterocycles. The highest BCUT2D eigenvalue weighted by Crippen LogP contribution is 2.39. The van der Waals surface area contributed by atoms with Gasteiger partial charge in [-0.25, -0.2) is 4.98 Å². The summed E-state index contributed by atoms with van der Waals surface area (Å²) >= 11 is 0. The maximum absolute atomic E-state index is 11.4. The number of primary amides is 1. The number of nitrogens with two attached hydrogens (primary N) is 1. The predicted octanol–water partition coefficient (Wildman–Crippen LogP) is 2.29. The van der Waals surface area contributed by atoms with Crippen LogP contribution in [-0.2, 0) is 0 Å². The SMILES string of the molecule is NC(=O)c1ccnc(N2CCC[C@@H]2c2ccc3c(c2)OCCO3)c1. The third-order valence-corrected chi connectivity index (χ3v) is 4.53. The Morgan fingerprint density at radius 3 is 2.83 bits per heavy atom. The molecule has 0 spiro atoms. The Morgan fingerprint density at radius 2 is 2.00 bits per heavy atom. The number of anilines is 1. The lowest BCUT2D eigenvalue weighted by molar-refractivity contribution is 0.1000. The maximum Gasteiger partial charge on any atom is 0.248 e. The Bertz CT molecular complexity index is 778. The zero-order valence-electron chi connectivity index (χ0n) is 13.3. The second-order valence-corrected chi connectivity index (χ2v) is 6.02. The summed E-state index contributed by atoms with van der Waals surface area (Å²) in [5.74, 6) is 1.94. The maximum atomic E-state index is 11.4. The van der Waals surface area contributed by atoms with Crippen molar-refractivity contribution >= 4 is 11.7 Å². The molecule has 1 aromatic heterocycles.